The van der Waals surface area contributed by atoms with Gasteiger partial charge in [-0.3, -0.25) is 9.80 Å². The molecule has 1 fully saturated rings. The van der Waals surface area contributed by atoms with Crippen molar-refractivity contribution in [2.45, 2.75) is 6.04 Å². The molecule has 0 radical (unpaired) electrons. The number of aldehydes is 1. The normalized spacial score (nSPS) is 15.9. The molecule has 1 aliphatic heterocycles. The van der Waals surface area contributed by atoms with Crippen molar-refractivity contribution >= 4 is 23.6 Å². The number of hydrogen-bond donors (Lipinski definition) is 1. The molecule has 0 amide bonds. The summed E-state index contributed by atoms with van der Waals surface area (Å²) in [6.07, 6.45) is 3.81. The standard InChI is InChI=1S/C15H18ClN3O2/c1-19(12-9-17-10-12)18-14(4-3-7-20)13-6-5-11(16)8-15(13)21-2/h3-8,12,17H,9-10H2,1-2H3/b4-3-,18-14+. The van der Waals surface area contributed by atoms with Crippen LogP contribution in [-0.2, 0) is 4.79 Å². The van der Waals surface area contributed by atoms with Crippen LogP contribution in [0.1, 0.15) is 5.56 Å². The average molecular weight is 308 g/mol. The van der Waals surface area contributed by atoms with Crippen molar-refractivity contribution in [2.24, 2.45) is 5.10 Å². The molecule has 1 saturated heterocycles. The van der Waals surface area contributed by atoms with Crippen molar-refractivity contribution in [1.82, 2.24) is 10.3 Å². The number of hydrazone groups is 1. The molecule has 0 spiro atoms. The molecular formula is C15H18ClN3O2. The average Bonchev–Trinajstić information content (AvgIpc) is 2.41. The van der Waals surface area contributed by atoms with E-state index in [1.165, 1.54) is 6.08 Å². The Morgan fingerprint density at radius 1 is 1.52 bits per heavy atom. The zero-order valence-corrected chi connectivity index (χ0v) is 12.8. The fraction of sp³-hybridized carbons (Fsp3) is 0.333. The number of nitrogens with one attached hydrogen (secondary N) is 1. The molecule has 6 heteroatoms. The first-order chi connectivity index (χ1) is 10.2. The first kappa shape index (κ1) is 15.5. The van der Waals surface area contributed by atoms with Crippen LogP contribution in [0.15, 0.2) is 35.5 Å². The molecule has 5 nitrogen and oxygen atoms in total. The molecule has 1 aliphatic rings. The van der Waals surface area contributed by atoms with E-state index in [9.17, 15) is 4.79 Å². The molecule has 21 heavy (non-hydrogen) atoms. The molecular weight excluding hydrogens is 290 g/mol. The van der Waals surface area contributed by atoms with Crippen LogP contribution >= 0.6 is 11.6 Å². The minimum absolute atomic E-state index is 0.364. The smallest absolute Gasteiger partial charge is 0.142 e. The highest BCUT2D eigenvalue weighted by Gasteiger charge is 2.21. The topological polar surface area (TPSA) is 53.9 Å². The van der Waals surface area contributed by atoms with Crippen molar-refractivity contribution in [3.8, 4) is 5.75 Å². The Bertz CT molecular complexity index is 568. The van der Waals surface area contributed by atoms with Gasteiger partial charge in [-0.1, -0.05) is 11.6 Å². The molecule has 112 valence electrons. The number of nitrogens with zero attached hydrogens (tertiary/aromatic N) is 2. The van der Waals surface area contributed by atoms with Gasteiger partial charge in [0.05, 0.1) is 18.9 Å². The molecule has 0 aliphatic carbocycles. The van der Waals surface area contributed by atoms with Gasteiger partial charge in [0, 0.05) is 30.7 Å². The maximum atomic E-state index is 10.6. The molecule has 0 aromatic heterocycles. The molecule has 1 aromatic rings. The number of carbonyl (C=O) groups is 1. The molecule has 0 unspecified atom stereocenters. The number of methoxy groups -OCH3 is 1. The van der Waals surface area contributed by atoms with Crippen LogP contribution in [0.3, 0.4) is 0 Å². The summed E-state index contributed by atoms with van der Waals surface area (Å²) in [6, 6.07) is 5.70. The highest BCUT2D eigenvalue weighted by molar-refractivity contribution is 6.31. The largest absolute Gasteiger partial charge is 0.496 e. The van der Waals surface area contributed by atoms with E-state index >= 15 is 0 Å². The summed E-state index contributed by atoms with van der Waals surface area (Å²) < 4.78 is 5.35. The SMILES string of the molecule is COc1cc(Cl)ccc1C(/C=C\C=O)=N/N(C)C1CNC1. The Morgan fingerprint density at radius 2 is 2.29 bits per heavy atom. The van der Waals surface area contributed by atoms with Gasteiger partial charge in [0.25, 0.3) is 0 Å². The van der Waals surface area contributed by atoms with Crippen LogP contribution < -0.4 is 10.1 Å². The molecule has 1 aromatic carbocycles. The van der Waals surface area contributed by atoms with Gasteiger partial charge in [-0.05, 0) is 30.4 Å². The number of benzene rings is 1. The van der Waals surface area contributed by atoms with Crippen molar-refractivity contribution in [2.75, 3.05) is 27.2 Å². The van der Waals surface area contributed by atoms with E-state index in [-0.39, 0.29) is 0 Å². The zero-order chi connectivity index (χ0) is 15.2. The Labute approximate surface area is 129 Å². The highest BCUT2D eigenvalue weighted by atomic mass is 35.5. The Kier molecular flexibility index (Phi) is 5.36. The summed E-state index contributed by atoms with van der Waals surface area (Å²) in [5.74, 6) is 0.622. The number of allylic oxidation sites excluding steroid dienone is 2. The predicted octanol–water partition coefficient (Wildman–Crippen LogP) is 1.71. The second-order valence-electron chi connectivity index (χ2n) is 4.71. The van der Waals surface area contributed by atoms with Crippen LogP contribution in [0.2, 0.25) is 5.02 Å². The van der Waals surface area contributed by atoms with Crippen molar-refractivity contribution in [3.05, 3.63) is 40.9 Å². The Hall–Kier alpha value is -1.85. The Morgan fingerprint density at radius 3 is 2.86 bits per heavy atom. The summed E-state index contributed by atoms with van der Waals surface area (Å²) in [7, 11) is 3.50. The van der Waals surface area contributed by atoms with E-state index in [0.29, 0.717) is 22.5 Å². The lowest BCUT2D eigenvalue weighted by Crippen LogP contribution is -2.54. The van der Waals surface area contributed by atoms with Gasteiger partial charge in [-0.15, -0.1) is 0 Å². The van der Waals surface area contributed by atoms with Gasteiger partial charge in [-0.2, -0.15) is 5.10 Å². The van der Waals surface area contributed by atoms with E-state index in [1.807, 2.05) is 18.1 Å². The third kappa shape index (κ3) is 3.83. The Balaban J connectivity index is 2.37. The third-order valence-corrected chi connectivity index (χ3v) is 3.56. The predicted molar refractivity (Wildman–Crippen MR) is 84.2 cm³/mol. The number of hydrogen-bond acceptors (Lipinski definition) is 5. The lowest BCUT2D eigenvalue weighted by atomic mass is 10.1. The first-order valence-electron chi connectivity index (χ1n) is 6.63. The monoisotopic (exact) mass is 307 g/mol. The second kappa shape index (κ2) is 7.24. The maximum Gasteiger partial charge on any atom is 0.142 e. The van der Waals surface area contributed by atoms with E-state index < -0.39 is 0 Å². The van der Waals surface area contributed by atoms with Gasteiger partial charge in [0.1, 0.15) is 12.0 Å². The lowest BCUT2D eigenvalue weighted by Gasteiger charge is -2.34. The van der Waals surface area contributed by atoms with E-state index in [4.69, 9.17) is 16.3 Å². The minimum Gasteiger partial charge on any atom is -0.496 e. The minimum atomic E-state index is 0.364. The summed E-state index contributed by atoms with van der Waals surface area (Å²) in [4.78, 5) is 10.6. The summed E-state index contributed by atoms with van der Waals surface area (Å²) >= 11 is 5.98. The number of rotatable bonds is 6. The van der Waals surface area contributed by atoms with Crippen LogP contribution in [0.25, 0.3) is 0 Å². The van der Waals surface area contributed by atoms with E-state index in [1.54, 1.807) is 25.3 Å². The van der Waals surface area contributed by atoms with Crippen molar-refractivity contribution < 1.29 is 9.53 Å². The molecule has 0 atom stereocenters. The molecule has 1 heterocycles. The van der Waals surface area contributed by atoms with Gasteiger partial charge < -0.3 is 10.1 Å². The van der Waals surface area contributed by atoms with Gasteiger partial charge in [0.2, 0.25) is 0 Å². The quantitative estimate of drug-likeness (QED) is 0.376. The van der Waals surface area contributed by atoms with E-state index in [0.717, 1.165) is 24.9 Å². The van der Waals surface area contributed by atoms with Crippen LogP contribution in [-0.4, -0.2) is 50.3 Å². The van der Waals surface area contributed by atoms with Gasteiger partial charge >= 0.3 is 0 Å². The van der Waals surface area contributed by atoms with Crippen LogP contribution in [0.5, 0.6) is 5.75 Å². The van der Waals surface area contributed by atoms with Gasteiger partial charge in [-0.25, -0.2) is 0 Å². The van der Waals surface area contributed by atoms with Crippen molar-refractivity contribution in [1.29, 1.82) is 0 Å². The zero-order valence-electron chi connectivity index (χ0n) is 12.0. The molecule has 1 N–H and O–H groups in total. The van der Waals surface area contributed by atoms with Crippen LogP contribution in [0.4, 0.5) is 0 Å². The van der Waals surface area contributed by atoms with Crippen LogP contribution in [0, 0.1) is 0 Å². The fourth-order valence-electron chi connectivity index (χ4n) is 1.97. The maximum absolute atomic E-state index is 10.6. The highest BCUT2D eigenvalue weighted by Crippen LogP contribution is 2.24. The molecule has 0 bridgehead atoms. The molecule has 2 rings (SSSR count). The fourth-order valence-corrected chi connectivity index (χ4v) is 2.14. The number of carbonyl (C=O) groups excluding carboxylic acids is 1. The number of halogens is 1. The second-order valence-corrected chi connectivity index (χ2v) is 5.15. The first-order valence-corrected chi connectivity index (χ1v) is 7.01. The third-order valence-electron chi connectivity index (χ3n) is 3.33. The van der Waals surface area contributed by atoms with E-state index in [2.05, 4.69) is 10.4 Å². The van der Waals surface area contributed by atoms with Gasteiger partial charge in [0.15, 0.2) is 0 Å². The molecule has 0 saturated carbocycles. The summed E-state index contributed by atoms with van der Waals surface area (Å²) in [5.41, 5.74) is 1.45. The lowest BCUT2D eigenvalue weighted by molar-refractivity contribution is -0.104. The number of likely N-dealkylation sites (N-methyl/N-ethyl adjacent to an activating group) is 1. The van der Waals surface area contributed by atoms with Crippen molar-refractivity contribution in [3.63, 3.8) is 0 Å². The summed E-state index contributed by atoms with van der Waals surface area (Å²) in [6.45, 7) is 1.81. The summed E-state index contributed by atoms with van der Waals surface area (Å²) in [5, 5.41) is 10.3. The number of ether oxygens (including phenoxy) is 1.